The average Bonchev–Trinajstić information content (AvgIpc) is 2.54. The summed E-state index contributed by atoms with van der Waals surface area (Å²) >= 11 is 0. The second-order valence-electron chi connectivity index (χ2n) is 2.20. The fraction of sp³-hybridized carbons (Fsp3) is 0. The molecular formula is C8H5FIrN3-. The maximum absolute atomic E-state index is 12.4. The fourth-order valence-corrected chi connectivity index (χ4v) is 0.864. The quantitative estimate of drug-likeness (QED) is 0.721. The first kappa shape index (κ1) is 10.0. The number of halogens is 1. The maximum Gasteiger partial charge on any atom is 0.126 e. The van der Waals surface area contributed by atoms with Crippen molar-refractivity contribution in [1.82, 2.24) is 14.8 Å². The molecule has 0 aromatic carbocycles. The smallest absolute Gasteiger partial charge is 0.126 e. The molecule has 2 aromatic heterocycles. The van der Waals surface area contributed by atoms with Crippen LogP contribution in [0.4, 0.5) is 4.39 Å². The Kier molecular flexibility index (Phi) is 3.28. The Morgan fingerprint density at radius 1 is 1.38 bits per heavy atom. The maximum atomic E-state index is 12.4. The van der Waals surface area contributed by atoms with E-state index in [1.807, 2.05) is 0 Å². The van der Waals surface area contributed by atoms with E-state index in [-0.39, 0.29) is 20.1 Å². The summed E-state index contributed by atoms with van der Waals surface area (Å²) in [6.07, 6.45) is 4.20. The van der Waals surface area contributed by atoms with E-state index in [9.17, 15) is 4.39 Å². The van der Waals surface area contributed by atoms with E-state index < -0.39 is 5.95 Å². The van der Waals surface area contributed by atoms with E-state index in [0.717, 1.165) is 6.07 Å². The summed E-state index contributed by atoms with van der Waals surface area (Å²) in [5.41, 5.74) is 0. The van der Waals surface area contributed by atoms with Crippen LogP contribution in [-0.2, 0) is 20.1 Å². The molecule has 3 nitrogen and oxygen atoms in total. The number of pyridine rings is 1. The molecule has 0 saturated heterocycles. The van der Waals surface area contributed by atoms with Gasteiger partial charge in [0.25, 0.3) is 0 Å². The number of nitrogens with zero attached hydrogens (tertiary/aromatic N) is 3. The van der Waals surface area contributed by atoms with Crippen LogP contribution in [0.5, 0.6) is 0 Å². The number of hydrogen-bond acceptors (Lipinski definition) is 2. The van der Waals surface area contributed by atoms with Crippen LogP contribution in [-0.4, -0.2) is 14.8 Å². The third-order valence-corrected chi connectivity index (χ3v) is 1.37. The minimum atomic E-state index is -0.555. The first-order valence-electron chi connectivity index (χ1n) is 3.41. The molecule has 1 radical (unpaired) electrons. The van der Waals surface area contributed by atoms with E-state index in [4.69, 9.17) is 0 Å². The van der Waals surface area contributed by atoms with Gasteiger partial charge in [0.2, 0.25) is 0 Å². The first-order valence-corrected chi connectivity index (χ1v) is 3.41. The van der Waals surface area contributed by atoms with Gasteiger partial charge in [-0.3, -0.25) is 4.39 Å². The molecule has 0 N–H and O–H groups in total. The monoisotopic (exact) mass is 355 g/mol. The van der Waals surface area contributed by atoms with Crippen molar-refractivity contribution in [2.45, 2.75) is 0 Å². The van der Waals surface area contributed by atoms with E-state index >= 15 is 0 Å². The van der Waals surface area contributed by atoms with Crippen molar-refractivity contribution in [3.8, 4) is 5.82 Å². The van der Waals surface area contributed by atoms with Gasteiger partial charge in [0, 0.05) is 26.3 Å². The van der Waals surface area contributed by atoms with Crippen molar-refractivity contribution in [3.63, 3.8) is 0 Å². The molecule has 0 saturated carbocycles. The third-order valence-electron chi connectivity index (χ3n) is 1.37. The Labute approximate surface area is 88.0 Å². The molecule has 0 fully saturated rings. The zero-order valence-electron chi connectivity index (χ0n) is 6.44. The van der Waals surface area contributed by atoms with Crippen molar-refractivity contribution in [2.24, 2.45) is 0 Å². The van der Waals surface area contributed by atoms with Crippen LogP contribution in [0.3, 0.4) is 0 Å². The molecule has 0 aliphatic rings. The molecule has 0 spiro atoms. The van der Waals surface area contributed by atoms with Gasteiger partial charge in [-0.1, -0.05) is 18.3 Å². The zero-order valence-corrected chi connectivity index (χ0v) is 8.83. The van der Waals surface area contributed by atoms with Crippen LogP contribution in [0, 0.1) is 12.1 Å². The van der Waals surface area contributed by atoms with Gasteiger partial charge >= 0.3 is 0 Å². The SMILES string of the molecule is Fc1c[c-]n(-c2ccccn2)n1.[Ir]. The van der Waals surface area contributed by atoms with Crippen molar-refractivity contribution in [1.29, 1.82) is 0 Å². The van der Waals surface area contributed by atoms with Crippen molar-refractivity contribution in [3.05, 3.63) is 42.6 Å². The summed E-state index contributed by atoms with van der Waals surface area (Å²) in [6, 6.07) is 6.47. The largest absolute Gasteiger partial charge is 0.341 e. The summed E-state index contributed by atoms with van der Waals surface area (Å²) in [5.74, 6) is 0.00190. The first-order chi connectivity index (χ1) is 5.86. The van der Waals surface area contributed by atoms with E-state index in [0.29, 0.717) is 5.82 Å². The van der Waals surface area contributed by atoms with Crippen molar-refractivity contribution >= 4 is 0 Å². The molecule has 2 aromatic rings. The summed E-state index contributed by atoms with van der Waals surface area (Å²) in [4.78, 5) is 3.96. The Morgan fingerprint density at radius 3 is 2.77 bits per heavy atom. The van der Waals surface area contributed by atoms with Gasteiger partial charge in [0.1, 0.15) is 5.95 Å². The molecule has 0 atom stereocenters. The van der Waals surface area contributed by atoms with Gasteiger partial charge in [0.15, 0.2) is 0 Å². The average molecular weight is 354 g/mol. The summed E-state index contributed by atoms with van der Waals surface area (Å²) < 4.78 is 13.7. The number of aromatic nitrogens is 3. The summed E-state index contributed by atoms with van der Waals surface area (Å²) in [6.45, 7) is 0. The standard InChI is InChI=1S/C8H5FN3.Ir/c9-7-4-6-12(11-7)8-3-1-2-5-10-8;/h1-5H;/q-1;. The normalized spacial score (nSPS) is 9.31. The molecule has 0 bridgehead atoms. The third kappa shape index (κ3) is 2.20. The van der Waals surface area contributed by atoms with Gasteiger partial charge in [-0.05, 0) is 6.07 Å². The van der Waals surface area contributed by atoms with Crippen LogP contribution < -0.4 is 0 Å². The van der Waals surface area contributed by atoms with Gasteiger partial charge in [-0.25, -0.2) is 5.10 Å². The molecule has 69 valence electrons. The second kappa shape index (κ2) is 4.25. The summed E-state index contributed by atoms with van der Waals surface area (Å²) in [5, 5.41) is 3.51. The number of hydrogen-bond donors (Lipinski definition) is 0. The molecule has 2 rings (SSSR count). The molecule has 0 aliphatic carbocycles. The Hall–Kier alpha value is -1.06. The predicted octanol–water partition coefficient (Wildman–Crippen LogP) is 1.20. The van der Waals surface area contributed by atoms with Crippen molar-refractivity contribution in [2.75, 3.05) is 0 Å². The van der Waals surface area contributed by atoms with Crippen LogP contribution in [0.1, 0.15) is 0 Å². The van der Waals surface area contributed by atoms with Crippen LogP contribution >= 0.6 is 0 Å². The fourth-order valence-electron chi connectivity index (χ4n) is 0.864. The Bertz CT molecular complexity index is 374. The second-order valence-corrected chi connectivity index (χ2v) is 2.20. The van der Waals surface area contributed by atoms with E-state index in [2.05, 4.69) is 16.3 Å². The van der Waals surface area contributed by atoms with Crippen LogP contribution in [0.15, 0.2) is 30.5 Å². The van der Waals surface area contributed by atoms with E-state index in [1.165, 1.54) is 4.68 Å². The molecule has 2 heterocycles. The van der Waals surface area contributed by atoms with Crippen LogP contribution in [0.25, 0.3) is 5.82 Å². The zero-order chi connectivity index (χ0) is 8.39. The number of rotatable bonds is 1. The Morgan fingerprint density at radius 2 is 2.23 bits per heavy atom. The molecule has 0 unspecified atom stereocenters. The molecule has 0 amide bonds. The van der Waals surface area contributed by atoms with Gasteiger partial charge < -0.3 is 9.67 Å². The minimum Gasteiger partial charge on any atom is -0.341 e. The van der Waals surface area contributed by atoms with Gasteiger partial charge in [0.05, 0.1) is 5.82 Å². The van der Waals surface area contributed by atoms with Gasteiger partial charge in [-0.15, -0.1) is 6.07 Å². The minimum absolute atomic E-state index is 0. The van der Waals surface area contributed by atoms with Gasteiger partial charge in [-0.2, -0.15) is 0 Å². The van der Waals surface area contributed by atoms with Crippen molar-refractivity contribution < 1.29 is 24.5 Å². The van der Waals surface area contributed by atoms with E-state index in [1.54, 1.807) is 24.4 Å². The molecule has 5 heteroatoms. The molecular weight excluding hydrogens is 349 g/mol. The molecule has 0 aliphatic heterocycles. The van der Waals surface area contributed by atoms with Crippen LogP contribution in [0.2, 0.25) is 0 Å². The Balaban J connectivity index is 0.000000845. The predicted molar refractivity (Wildman–Crippen MR) is 40.2 cm³/mol. The topological polar surface area (TPSA) is 30.7 Å². The molecule has 13 heavy (non-hydrogen) atoms. The summed E-state index contributed by atoms with van der Waals surface area (Å²) in [7, 11) is 0.